The first-order valence-electron chi connectivity index (χ1n) is 7.92. The Hall–Kier alpha value is -2.60. The first-order valence-corrected chi connectivity index (χ1v) is 7.92. The quantitative estimate of drug-likeness (QED) is 0.732. The van der Waals surface area contributed by atoms with E-state index in [0.717, 1.165) is 18.4 Å². The number of carbonyl (C=O) groups is 2. The smallest absolute Gasteiger partial charge is 0.313 e. The van der Waals surface area contributed by atoms with E-state index in [4.69, 9.17) is 4.42 Å². The zero-order valence-electron chi connectivity index (χ0n) is 13.4. The average Bonchev–Trinajstić information content (AvgIpc) is 3.29. The molecule has 2 amide bonds. The second-order valence-corrected chi connectivity index (χ2v) is 6.13. The molecule has 1 aliphatic carbocycles. The maximum Gasteiger partial charge on any atom is 0.313 e. The number of hydrogen-bond acceptors (Lipinski definition) is 4. The molecule has 0 radical (unpaired) electrons. The van der Waals surface area contributed by atoms with E-state index in [1.54, 1.807) is 24.3 Å². The van der Waals surface area contributed by atoms with Crippen LogP contribution in [0.2, 0.25) is 0 Å². The van der Waals surface area contributed by atoms with Crippen LogP contribution in [-0.4, -0.2) is 23.5 Å². The Morgan fingerprint density at radius 3 is 2.58 bits per heavy atom. The third-order valence-corrected chi connectivity index (χ3v) is 4.32. The monoisotopic (exact) mass is 328 g/mol. The highest BCUT2D eigenvalue weighted by atomic mass is 16.4. The number of carbonyl (C=O) groups excluding carboxylic acids is 2. The molecule has 1 fully saturated rings. The summed E-state index contributed by atoms with van der Waals surface area (Å²) in [7, 11) is 0. The lowest BCUT2D eigenvalue weighted by atomic mass is 9.94. The van der Waals surface area contributed by atoms with Gasteiger partial charge in [-0.1, -0.05) is 18.2 Å². The molecule has 6 nitrogen and oxygen atoms in total. The van der Waals surface area contributed by atoms with Gasteiger partial charge in [0.05, 0.1) is 12.8 Å². The van der Waals surface area contributed by atoms with E-state index in [9.17, 15) is 14.7 Å². The Bertz CT molecular complexity index is 737. The van der Waals surface area contributed by atoms with Gasteiger partial charge >= 0.3 is 11.8 Å². The summed E-state index contributed by atoms with van der Waals surface area (Å²) in [6.45, 7) is 1.78. The van der Waals surface area contributed by atoms with Crippen molar-refractivity contribution in [3.63, 3.8) is 0 Å². The molecule has 0 saturated heterocycles. The normalized spacial score (nSPS) is 16.2. The van der Waals surface area contributed by atoms with Crippen LogP contribution in [0.5, 0.6) is 0 Å². The zero-order valence-corrected chi connectivity index (χ0v) is 13.4. The number of benzene rings is 1. The van der Waals surface area contributed by atoms with Gasteiger partial charge in [0.15, 0.2) is 0 Å². The summed E-state index contributed by atoms with van der Waals surface area (Å²) in [6.07, 6.45) is 3.21. The predicted molar refractivity (Wildman–Crippen MR) is 88.1 cm³/mol. The minimum atomic E-state index is -1.28. The number of amides is 2. The molecule has 126 valence electrons. The zero-order chi connectivity index (χ0) is 17.2. The molecule has 1 aromatic carbocycles. The van der Waals surface area contributed by atoms with Gasteiger partial charge in [-0.15, -0.1) is 0 Å². The van der Waals surface area contributed by atoms with Crippen LogP contribution in [-0.2, 0) is 15.2 Å². The van der Waals surface area contributed by atoms with E-state index in [1.807, 2.05) is 19.1 Å². The molecule has 0 aliphatic heterocycles. The Morgan fingerprint density at radius 1 is 1.21 bits per heavy atom. The highest BCUT2D eigenvalue weighted by molar-refractivity contribution is 6.39. The minimum absolute atomic E-state index is 0.0309. The number of anilines is 1. The summed E-state index contributed by atoms with van der Waals surface area (Å²) in [5.41, 5.74) is 0.173. The topological polar surface area (TPSA) is 91.6 Å². The molecule has 0 spiro atoms. The van der Waals surface area contributed by atoms with Crippen molar-refractivity contribution in [2.75, 3.05) is 11.9 Å². The van der Waals surface area contributed by atoms with Gasteiger partial charge in [-0.2, -0.15) is 0 Å². The Labute approximate surface area is 139 Å². The molecule has 1 heterocycles. The standard InChI is InChI=1S/C18H20N2O4/c1-12-5-2-3-6-14(12)20-17(22)16(21)19-11-18(23,13-8-9-13)15-7-4-10-24-15/h2-7,10,13,23H,8-9,11H2,1H3,(H,19,21)(H,20,22). The maximum absolute atomic E-state index is 12.1. The number of furan rings is 1. The van der Waals surface area contributed by atoms with Crippen LogP contribution in [0.1, 0.15) is 24.2 Å². The van der Waals surface area contributed by atoms with Gasteiger partial charge in [-0.3, -0.25) is 9.59 Å². The van der Waals surface area contributed by atoms with Crippen molar-refractivity contribution in [1.82, 2.24) is 5.32 Å². The summed E-state index contributed by atoms with van der Waals surface area (Å²) in [6, 6.07) is 10.6. The molecule has 1 saturated carbocycles. The molecule has 6 heteroatoms. The van der Waals surface area contributed by atoms with Crippen molar-refractivity contribution < 1.29 is 19.1 Å². The van der Waals surface area contributed by atoms with Crippen LogP contribution < -0.4 is 10.6 Å². The molecule has 1 aliphatic rings. The number of aryl methyl sites for hydroxylation is 1. The summed E-state index contributed by atoms with van der Waals surface area (Å²) in [4.78, 5) is 24.1. The lowest BCUT2D eigenvalue weighted by Gasteiger charge is -2.26. The van der Waals surface area contributed by atoms with Crippen molar-refractivity contribution in [1.29, 1.82) is 0 Å². The van der Waals surface area contributed by atoms with Gasteiger partial charge in [-0.25, -0.2) is 0 Å². The van der Waals surface area contributed by atoms with Gasteiger partial charge in [0, 0.05) is 5.69 Å². The number of nitrogens with one attached hydrogen (secondary N) is 2. The molecule has 0 bridgehead atoms. The molecular formula is C18H20N2O4. The van der Waals surface area contributed by atoms with Crippen LogP contribution in [0.15, 0.2) is 47.1 Å². The predicted octanol–water partition coefficient (Wildman–Crippen LogP) is 1.94. The lowest BCUT2D eigenvalue weighted by Crippen LogP contribution is -2.45. The lowest BCUT2D eigenvalue weighted by molar-refractivity contribution is -0.137. The fourth-order valence-corrected chi connectivity index (χ4v) is 2.71. The number of para-hydroxylation sites is 1. The molecule has 3 N–H and O–H groups in total. The molecule has 1 unspecified atom stereocenters. The van der Waals surface area contributed by atoms with E-state index in [-0.39, 0.29) is 12.5 Å². The van der Waals surface area contributed by atoms with Crippen LogP contribution in [0, 0.1) is 12.8 Å². The molecular weight excluding hydrogens is 308 g/mol. The first-order chi connectivity index (χ1) is 11.5. The van der Waals surface area contributed by atoms with Crippen molar-refractivity contribution in [3.05, 3.63) is 54.0 Å². The third-order valence-electron chi connectivity index (χ3n) is 4.32. The Morgan fingerprint density at radius 2 is 1.96 bits per heavy atom. The minimum Gasteiger partial charge on any atom is -0.466 e. The van der Waals surface area contributed by atoms with E-state index >= 15 is 0 Å². The Balaban J connectivity index is 1.62. The van der Waals surface area contributed by atoms with Gasteiger partial charge in [0.25, 0.3) is 0 Å². The van der Waals surface area contributed by atoms with Crippen molar-refractivity contribution in [2.24, 2.45) is 5.92 Å². The van der Waals surface area contributed by atoms with Gasteiger partial charge < -0.3 is 20.2 Å². The molecule has 3 rings (SSSR count). The van der Waals surface area contributed by atoms with Gasteiger partial charge in [0.1, 0.15) is 11.4 Å². The number of aliphatic hydroxyl groups is 1. The summed E-state index contributed by atoms with van der Waals surface area (Å²) >= 11 is 0. The summed E-state index contributed by atoms with van der Waals surface area (Å²) < 4.78 is 5.30. The van der Waals surface area contributed by atoms with Crippen molar-refractivity contribution >= 4 is 17.5 Å². The van der Waals surface area contributed by atoms with Crippen LogP contribution in [0.25, 0.3) is 0 Å². The van der Waals surface area contributed by atoms with Crippen LogP contribution in [0.4, 0.5) is 5.69 Å². The first kappa shape index (κ1) is 16.3. The highest BCUT2D eigenvalue weighted by Crippen LogP contribution is 2.45. The second kappa shape index (κ2) is 6.49. The van der Waals surface area contributed by atoms with Crippen molar-refractivity contribution in [3.8, 4) is 0 Å². The maximum atomic E-state index is 12.1. The fourth-order valence-electron chi connectivity index (χ4n) is 2.71. The molecule has 1 atom stereocenters. The highest BCUT2D eigenvalue weighted by Gasteiger charge is 2.47. The van der Waals surface area contributed by atoms with E-state index in [1.165, 1.54) is 6.26 Å². The van der Waals surface area contributed by atoms with Crippen LogP contribution in [0.3, 0.4) is 0 Å². The van der Waals surface area contributed by atoms with Crippen LogP contribution >= 0.6 is 0 Å². The van der Waals surface area contributed by atoms with Gasteiger partial charge in [-0.05, 0) is 49.4 Å². The van der Waals surface area contributed by atoms with E-state index in [2.05, 4.69) is 10.6 Å². The Kier molecular flexibility index (Phi) is 4.40. The molecule has 1 aromatic heterocycles. The number of rotatable bonds is 5. The average molecular weight is 328 g/mol. The third kappa shape index (κ3) is 3.33. The van der Waals surface area contributed by atoms with Crippen molar-refractivity contribution in [2.45, 2.75) is 25.4 Å². The number of hydrogen-bond donors (Lipinski definition) is 3. The fraction of sp³-hybridized carbons (Fsp3) is 0.333. The molecule has 2 aromatic rings. The van der Waals surface area contributed by atoms with E-state index in [0.29, 0.717) is 11.4 Å². The van der Waals surface area contributed by atoms with E-state index < -0.39 is 17.4 Å². The second-order valence-electron chi connectivity index (χ2n) is 6.13. The summed E-state index contributed by atoms with van der Waals surface area (Å²) in [5.74, 6) is -1.11. The summed E-state index contributed by atoms with van der Waals surface area (Å²) in [5, 5.41) is 15.9. The molecule has 24 heavy (non-hydrogen) atoms. The largest absolute Gasteiger partial charge is 0.466 e. The van der Waals surface area contributed by atoms with Gasteiger partial charge in [0.2, 0.25) is 0 Å². The SMILES string of the molecule is Cc1ccccc1NC(=O)C(=O)NCC(O)(c1ccco1)C1CC1.